The molecule has 2 aliphatic rings. The molecular formula is C27H27N3O3. The normalized spacial score (nSPS) is 20.9. The zero-order chi connectivity index (χ0) is 23.2. The summed E-state index contributed by atoms with van der Waals surface area (Å²) in [4.78, 5) is 19.4. The van der Waals surface area contributed by atoms with E-state index in [4.69, 9.17) is 15.2 Å². The van der Waals surface area contributed by atoms with Gasteiger partial charge in [-0.05, 0) is 54.8 Å². The van der Waals surface area contributed by atoms with E-state index in [2.05, 4.69) is 4.99 Å². The van der Waals surface area contributed by atoms with Gasteiger partial charge >= 0.3 is 0 Å². The Kier molecular flexibility index (Phi) is 4.89. The van der Waals surface area contributed by atoms with Crippen LogP contribution in [0.4, 0.5) is 0 Å². The highest BCUT2D eigenvalue weighted by atomic mass is 16.5. The minimum atomic E-state index is -1.08. The summed E-state index contributed by atoms with van der Waals surface area (Å²) in [7, 11) is 1.66. The number of hydrogen-bond acceptors (Lipinski definition) is 5. The van der Waals surface area contributed by atoms with Gasteiger partial charge in [0.25, 0.3) is 5.91 Å². The van der Waals surface area contributed by atoms with E-state index in [1.54, 1.807) is 7.05 Å². The van der Waals surface area contributed by atoms with Crippen molar-refractivity contribution in [1.29, 1.82) is 0 Å². The number of aliphatic imine (C=N–C) groups is 1. The van der Waals surface area contributed by atoms with Crippen LogP contribution in [0.15, 0.2) is 77.8 Å². The van der Waals surface area contributed by atoms with Gasteiger partial charge in [0.2, 0.25) is 0 Å². The van der Waals surface area contributed by atoms with Crippen LogP contribution >= 0.6 is 0 Å². The van der Waals surface area contributed by atoms with Gasteiger partial charge in [-0.2, -0.15) is 0 Å². The topological polar surface area (TPSA) is 77.2 Å². The average molecular weight is 442 g/mol. The molecule has 0 fully saturated rings. The second-order valence-corrected chi connectivity index (χ2v) is 9.25. The standard InChI is InChI=1S/C27H27N3O3/c1-26(2)17-27(24(31)30(3)25(28)29-27)22-15-20(12-13-23(22)33-26)19-10-7-11-21(14-19)32-16-18-8-5-4-6-9-18/h4-15H,16-17H2,1-3H3,(H2,28,29). The smallest absolute Gasteiger partial charge is 0.261 e. The van der Waals surface area contributed by atoms with Gasteiger partial charge in [0.15, 0.2) is 11.5 Å². The minimum absolute atomic E-state index is 0.130. The molecular weight excluding hydrogens is 414 g/mol. The lowest BCUT2D eigenvalue weighted by molar-refractivity contribution is -0.133. The number of benzene rings is 3. The number of likely N-dealkylation sites (N-methyl/N-ethyl adjacent to an activating group) is 1. The first-order valence-electron chi connectivity index (χ1n) is 11.0. The maximum absolute atomic E-state index is 13.3. The predicted molar refractivity (Wildman–Crippen MR) is 128 cm³/mol. The second-order valence-electron chi connectivity index (χ2n) is 9.25. The Morgan fingerprint density at radius 1 is 1.03 bits per heavy atom. The Morgan fingerprint density at radius 2 is 1.79 bits per heavy atom. The molecule has 2 heterocycles. The van der Waals surface area contributed by atoms with Crippen molar-refractivity contribution in [2.45, 2.75) is 38.0 Å². The third-order valence-corrected chi connectivity index (χ3v) is 6.22. The molecule has 3 aromatic carbocycles. The van der Waals surface area contributed by atoms with Gasteiger partial charge in [0.05, 0.1) is 0 Å². The number of nitrogens with zero attached hydrogens (tertiary/aromatic N) is 2. The van der Waals surface area contributed by atoms with E-state index in [9.17, 15) is 4.79 Å². The molecule has 0 saturated heterocycles. The molecule has 0 radical (unpaired) electrons. The van der Waals surface area contributed by atoms with Gasteiger partial charge in [-0.15, -0.1) is 0 Å². The van der Waals surface area contributed by atoms with Crippen LogP contribution in [0, 0.1) is 0 Å². The SMILES string of the molecule is CN1C(=O)C2(CC(C)(C)Oc3ccc(-c4cccc(OCc5ccccc5)c4)cc32)N=C1N. The summed E-state index contributed by atoms with van der Waals surface area (Å²) < 4.78 is 12.2. The van der Waals surface area contributed by atoms with Crippen LogP contribution < -0.4 is 15.2 Å². The fourth-order valence-electron chi connectivity index (χ4n) is 4.66. The first-order chi connectivity index (χ1) is 15.8. The van der Waals surface area contributed by atoms with E-state index < -0.39 is 11.1 Å². The van der Waals surface area contributed by atoms with Crippen molar-refractivity contribution in [2.75, 3.05) is 7.05 Å². The van der Waals surface area contributed by atoms with Crippen molar-refractivity contribution in [3.8, 4) is 22.6 Å². The van der Waals surface area contributed by atoms with E-state index in [0.717, 1.165) is 28.0 Å². The number of nitrogens with two attached hydrogens (primary N) is 1. The lowest BCUT2D eigenvalue weighted by atomic mass is 9.77. The molecule has 1 atom stereocenters. The molecule has 5 rings (SSSR count). The number of carbonyl (C=O) groups excluding carboxylic acids is 1. The van der Waals surface area contributed by atoms with Crippen LogP contribution in [0.3, 0.4) is 0 Å². The van der Waals surface area contributed by atoms with Crippen LogP contribution in [0.2, 0.25) is 0 Å². The lowest BCUT2D eigenvalue weighted by Crippen LogP contribution is -2.49. The van der Waals surface area contributed by atoms with Gasteiger partial charge in [-0.1, -0.05) is 48.5 Å². The van der Waals surface area contributed by atoms with E-state index in [1.165, 1.54) is 4.90 Å². The molecule has 3 aromatic rings. The van der Waals surface area contributed by atoms with Crippen molar-refractivity contribution in [1.82, 2.24) is 4.90 Å². The Hall–Kier alpha value is -3.80. The molecule has 2 aliphatic heterocycles. The molecule has 6 nitrogen and oxygen atoms in total. The number of fused-ring (bicyclic) bond motifs is 2. The number of carbonyl (C=O) groups is 1. The molecule has 1 amide bonds. The minimum Gasteiger partial charge on any atom is -0.489 e. The second kappa shape index (κ2) is 7.66. The summed E-state index contributed by atoms with van der Waals surface area (Å²) in [6, 6.07) is 23.9. The maximum atomic E-state index is 13.3. The molecule has 0 aliphatic carbocycles. The van der Waals surface area contributed by atoms with Crippen molar-refractivity contribution in [3.63, 3.8) is 0 Å². The van der Waals surface area contributed by atoms with Crippen LogP contribution in [-0.4, -0.2) is 29.4 Å². The maximum Gasteiger partial charge on any atom is 0.261 e. The van der Waals surface area contributed by atoms with Gasteiger partial charge < -0.3 is 15.2 Å². The molecule has 168 valence electrons. The zero-order valence-corrected chi connectivity index (χ0v) is 19.0. The van der Waals surface area contributed by atoms with Crippen molar-refractivity contribution >= 4 is 11.9 Å². The quantitative estimate of drug-likeness (QED) is 0.648. The number of amides is 1. The first kappa shape index (κ1) is 21.1. The highest BCUT2D eigenvalue weighted by Gasteiger charge is 2.55. The van der Waals surface area contributed by atoms with E-state index in [1.807, 2.05) is 86.6 Å². The highest BCUT2D eigenvalue weighted by molar-refractivity contribution is 6.07. The lowest BCUT2D eigenvalue weighted by Gasteiger charge is -2.41. The van der Waals surface area contributed by atoms with Crippen LogP contribution in [-0.2, 0) is 16.9 Å². The molecule has 0 bridgehead atoms. The van der Waals surface area contributed by atoms with Crippen molar-refractivity contribution < 1.29 is 14.3 Å². The fraction of sp³-hybridized carbons (Fsp3) is 0.259. The number of rotatable bonds is 4. The molecule has 6 heteroatoms. The van der Waals surface area contributed by atoms with E-state index in [0.29, 0.717) is 18.8 Å². The predicted octanol–water partition coefficient (Wildman–Crippen LogP) is 4.48. The van der Waals surface area contributed by atoms with Crippen molar-refractivity contribution in [3.05, 3.63) is 83.9 Å². The van der Waals surface area contributed by atoms with Gasteiger partial charge in [0, 0.05) is 19.0 Å². The summed E-state index contributed by atoms with van der Waals surface area (Å²) in [6.07, 6.45) is 0.417. The van der Waals surface area contributed by atoms with Gasteiger partial charge in [-0.3, -0.25) is 9.69 Å². The molecule has 2 N–H and O–H groups in total. The van der Waals surface area contributed by atoms with Crippen LogP contribution in [0.5, 0.6) is 11.5 Å². The van der Waals surface area contributed by atoms with Gasteiger partial charge in [0.1, 0.15) is 23.7 Å². The molecule has 33 heavy (non-hydrogen) atoms. The van der Waals surface area contributed by atoms with E-state index in [-0.39, 0.29) is 11.9 Å². The van der Waals surface area contributed by atoms with Gasteiger partial charge in [-0.25, -0.2) is 4.99 Å². The largest absolute Gasteiger partial charge is 0.489 e. The third kappa shape index (κ3) is 3.71. The van der Waals surface area contributed by atoms with Crippen LogP contribution in [0.1, 0.15) is 31.4 Å². The Balaban J connectivity index is 1.51. The number of guanidine groups is 1. The summed E-state index contributed by atoms with van der Waals surface area (Å²) in [5.74, 6) is 1.53. The summed E-state index contributed by atoms with van der Waals surface area (Å²) in [6.45, 7) is 4.43. The Labute approximate surface area is 193 Å². The molecule has 0 saturated carbocycles. The van der Waals surface area contributed by atoms with E-state index >= 15 is 0 Å². The van der Waals surface area contributed by atoms with Crippen LogP contribution in [0.25, 0.3) is 11.1 Å². The fourth-order valence-corrected chi connectivity index (χ4v) is 4.66. The Morgan fingerprint density at radius 3 is 2.52 bits per heavy atom. The summed E-state index contributed by atoms with van der Waals surface area (Å²) >= 11 is 0. The zero-order valence-electron chi connectivity index (χ0n) is 19.0. The monoisotopic (exact) mass is 441 g/mol. The number of hydrogen-bond donors (Lipinski definition) is 1. The first-order valence-corrected chi connectivity index (χ1v) is 11.0. The average Bonchev–Trinajstić information content (AvgIpc) is 3.01. The molecule has 0 aromatic heterocycles. The number of ether oxygens (including phenoxy) is 2. The summed E-state index contributed by atoms with van der Waals surface area (Å²) in [5, 5.41) is 0. The molecule has 1 unspecified atom stereocenters. The highest BCUT2D eigenvalue weighted by Crippen LogP contribution is 2.49. The Bertz CT molecular complexity index is 1250. The summed E-state index contributed by atoms with van der Waals surface area (Å²) in [5.41, 5.74) is 8.23. The van der Waals surface area contributed by atoms with Crippen molar-refractivity contribution in [2.24, 2.45) is 10.7 Å². The molecule has 1 spiro atoms. The third-order valence-electron chi connectivity index (χ3n) is 6.22.